The van der Waals surface area contributed by atoms with Crippen LogP contribution in [0.2, 0.25) is 0 Å². The molecule has 6 nitrogen and oxygen atoms in total. The zero-order valence-electron chi connectivity index (χ0n) is 14.0. The number of benzene rings is 1. The first-order valence-electron chi connectivity index (χ1n) is 8.32. The molecule has 1 atom stereocenters. The van der Waals surface area contributed by atoms with Gasteiger partial charge < -0.3 is 9.64 Å². The number of carbonyl (C=O) groups excluding carboxylic acids is 1. The molecular weight excluding hydrogens is 373 g/mol. The topological polar surface area (TPSA) is 66.9 Å². The highest BCUT2D eigenvalue weighted by atomic mass is 32.2. The number of hydrogen-bond acceptors (Lipinski definition) is 4. The van der Waals surface area contributed by atoms with Crippen LogP contribution in [-0.4, -0.2) is 62.9 Å². The molecule has 1 aromatic carbocycles. The molecule has 0 aliphatic carbocycles. The molecule has 0 saturated carbocycles. The van der Waals surface area contributed by atoms with E-state index in [1.54, 1.807) is 4.90 Å². The van der Waals surface area contributed by atoms with Crippen molar-refractivity contribution in [1.82, 2.24) is 9.21 Å². The Bertz CT molecular complexity index is 797. The average molecular weight is 392 g/mol. The smallest absolute Gasteiger partial charge is 0.246 e. The van der Waals surface area contributed by atoms with E-state index in [4.69, 9.17) is 4.74 Å². The molecule has 0 aromatic heterocycles. The summed E-state index contributed by atoms with van der Waals surface area (Å²) in [5, 5.41) is 0. The predicted octanol–water partition coefficient (Wildman–Crippen LogP) is 1.36. The summed E-state index contributed by atoms with van der Waals surface area (Å²) in [6, 6.07) is 1.28. The molecule has 1 aromatic rings. The molecule has 1 amide bonds. The third kappa shape index (κ3) is 3.58. The molecule has 2 fully saturated rings. The normalized spacial score (nSPS) is 22.4. The minimum Gasteiger partial charge on any atom is -0.378 e. The van der Waals surface area contributed by atoms with Gasteiger partial charge in [0.2, 0.25) is 15.9 Å². The summed E-state index contributed by atoms with van der Waals surface area (Å²) in [4.78, 5) is 13.3. The van der Waals surface area contributed by atoms with E-state index in [9.17, 15) is 26.4 Å². The first kappa shape index (κ1) is 19.1. The maximum absolute atomic E-state index is 13.9. The van der Waals surface area contributed by atoms with E-state index in [1.807, 2.05) is 0 Å². The number of morpholine rings is 1. The molecule has 0 radical (unpaired) electrons. The Morgan fingerprint density at radius 1 is 1.08 bits per heavy atom. The Morgan fingerprint density at radius 3 is 2.46 bits per heavy atom. The van der Waals surface area contributed by atoms with Crippen LogP contribution < -0.4 is 0 Å². The van der Waals surface area contributed by atoms with Crippen LogP contribution in [0, 0.1) is 23.4 Å². The summed E-state index contributed by atoms with van der Waals surface area (Å²) >= 11 is 0. The number of carbonyl (C=O) groups is 1. The van der Waals surface area contributed by atoms with Crippen molar-refractivity contribution < 1.29 is 31.1 Å². The molecule has 1 unspecified atom stereocenters. The summed E-state index contributed by atoms with van der Waals surface area (Å²) in [5.41, 5.74) is 0. The Kier molecular flexibility index (Phi) is 5.54. The lowest BCUT2D eigenvalue weighted by atomic mass is 9.98. The van der Waals surface area contributed by atoms with E-state index in [0.717, 1.165) is 4.31 Å². The Balaban J connectivity index is 1.80. The van der Waals surface area contributed by atoms with Crippen molar-refractivity contribution in [3.63, 3.8) is 0 Å². The van der Waals surface area contributed by atoms with E-state index in [-0.39, 0.29) is 19.0 Å². The fourth-order valence-electron chi connectivity index (χ4n) is 3.25. The number of hydrogen-bond donors (Lipinski definition) is 0. The summed E-state index contributed by atoms with van der Waals surface area (Å²) in [5.74, 6) is -5.75. The van der Waals surface area contributed by atoms with Crippen molar-refractivity contribution in [3.8, 4) is 0 Å². The number of rotatable bonds is 3. The molecule has 2 aliphatic heterocycles. The van der Waals surface area contributed by atoms with Crippen LogP contribution in [-0.2, 0) is 19.6 Å². The van der Waals surface area contributed by atoms with Crippen molar-refractivity contribution >= 4 is 15.9 Å². The van der Waals surface area contributed by atoms with Gasteiger partial charge in [-0.3, -0.25) is 4.79 Å². The van der Waals surface area contributed by atoms with Gasteiger partial charge in [0.1, 0.15) is 4.90 Å². The fraction of sp³-hybridized carbons (Fsp3) is 0.562. The summed E-state index contributed by atoms with van der Waals surface area (Å²) in [7, 11) is -4.37. The van der Waals surface area contributed by atoms with Crippen LogP contribution in [0.4, 0.5) is 13.2 Å². The van der Waals surface area contributed by atoms with Crippen molar-refractivity contribution in [1.29, 1.82) is 0 Å². The van der Waals surface area contributed by atoms with E-state index in [0.29, 0.717) is 51.3 Å². The zero-order chi connectivity index (χ0) is 18.9. The van der Waals surface area contributed by atoms with Crippen LogP contribution in [0.3, 0.4) is 0 Å². The number of halogens is 3. The van der Waals surface area contributed by atoms with Gasteiger partial charge in [0.25, 0.3) is 0 Å². The largest absolute Gasteiger partial charge is 0.378 e. The minimum atomic E-state index is -4.37. The summed E-state index contributed by atoms with van der Waals surface area (Å²) < 4.78 is 72.0. The van der Waals surface area contributed by atoms with Crippen molar-refractivity contribution in [2.45, 2.75) is 17.7 Å². The number of ether oxygens (including phenoxy) is 1. The van der Waals surface area contributed by atoms with Gasteiger partial charge in [0, 0.05) is 26.2 Å². The maximum atomic E-state index is 13.9. The maximum Gasteiger partial charge on any atom is 0.246 e. The lowest BCUT2D eigenvalue weighted by molar-refractivity contribution is -0.140. The third-order valence-electron chi connectivity index (χ3n) is 4.67. The number of sulfonamides is 1. The number of nitrogens with zero attached hydrogens (tertiary/aromatic N) is 2. The van der Waals surface area contributed by atoms with E-state index in [2.05, 4.69) is 0 Å². The van der Waals surface area contributed by atoms with Gasteiger partial charge in [0.05, 0.1) is 19.1 Å². The Morgan fingerprint density at radius 2 is 1.77 bits per heavy atom. The highest BCUT2D eigenvalue weighted by molar-refractivity contribution is 7.89. The molecule has 2 aliphatic rings. The predicted molar refractivity (Wildman–Crippen MR) is 85.2 cm³/mol. The summed E-state index contributed by atoms with van der Waals surface area (Å²) in [6.07, 6.45) is 0.938. The quantitative estimate of drug-likeness (QED) is 0.729. The Hall–Kier alpha value is -1.65. The van der Waals surface area contributed by atoms with Gasteiger partial charge in [-0.1, -0.05) is 0 Å². The van der Waals surface area contributed by atoms with Crippen molar-refractivity contribution in [3.05, 3.63) is 29.6 Å². The molecule has 10 heteroatoms. The minimum absolute atomic E-state index is 0.0909. The second-order valence-electron chi connectivity index (χ2n) is 6.31. The Labute approximate surface area is 149 Å². The van der Waals surface area contributed by atoms with Crippen LogP contribution in [0.25, 0.3) is 0 Å². The molecule has 0 bridgehead atoms. The van der Waals surface area contributed by atoms with Crippen molar-refractivity contribution in [2.75, 3.05) is 39.4 Å². The lowest BCUT2D eigenvalue weighted by Gasteiger charge is -2.35. The van der Waals surface area contributed by atoms with Gasteiger partial charge in [0.15, 0.2) is 17.5 Å². The second-order valence-corrected chi connectivity index (χ2v) is 8.22. The van der Waals surface area contributed by atoms with E-state index >= 15 is 0 Å². The van der Waals surface area contributed by atoms with Crippen LogP contribution in [0.15, 0.2) is 17.0 Å². The fourth-order valence-corrected chi connectivity index (χ4v) is 4.83. The third-order valence-corrected chi connectivity index (χ3v) is 6.56. The standard InChI is InChI=1S/C16H19F3N2O4S/c17-12-3-4-13(15(19)14(12)18)26(23,24)21-5-1-2-11(10-21)16(22)20-6-8-25-9-7-20/h3-4,11H,1-2,5-10H2. The summed E-state index contributed by atoms with van der Waals surface area (Å²) in [6.45, 7) is 1.73. The van der Waals surface area contributed by atoms with E-state index in [1.165, 1.54) is 0 Å². The molecule has 2 saturated heterocycles. The molecule has 26 heavy (non-hydrogen) atoms. The lowest BCUT2D eigenvalue weighted by Crippen LogP contribution is -2.49. The highest BCUT2D eigenvalue weighted by Crippen LogP contribution is 2.28. The molecular formula is C16H19F3N2O4S. The first-order valence-corrected chi connectivity index (χ1v) is 9.76. The van der Waals surface area contributed by atoms with Crippen LogP contribution >= 0.6 is 0 Å². The zero-order valence-corrected chi connectivity index (χ0v) is 14.8. The number of amides is 1. The van der Waals surface area contributed by atoms with Gasteiger partial charge in [-0.15, -0.1) is 0 Å². The van der Waals surface area contributed by atoms with Gasteiger partial charge in [-0.2, -0.15) is 4.31 Å². The van der Waals surface area contributed by atoms with Crippen LogP contribution in [0.5, 0.6) is 0 Å². The van der Waals surface area contributed by atoms with E-state index < -0.39 is 38.3 Å². The first-order chi connectivity index (χ1) is 12.3. The molecule has 0 spiro atoms. The van der Waals surface area contributed by atoms with Crippen LogP contribution in [0.1, 0.15) is 12.8 Å². The molecule has 144 valence electrons. The highest BCUT2D eigenvalue weighted by Gasteiger charge is 2.37. The van der Waals surface area contributed by atoms with Crippen molar-refractivity contribution in [2.24, 2.45) is 5.92 Å². The average Bonchev–Trinajstić information content (AvgIpc) is 2.66. The molecule has 0 N–H and O–H groups in total. The monoisotopic (exact) mass is 392 g/mol. The SMILES string of the molecule is O=C(C1CCCN(S(=O)(=O)c2ccc(F)c(F)c2F)C1)N1CCOCC1. The second kappa shape index (κ2) is 7.53. The molecule has 3 rings (SSSR count). The van der Waals surface area contributed by atoms with Gasteiger partial charge >= 0.3 is 0 Å². The molecule has 2 heterocycles. The van der Waals surface area contributed by atoms with Gasteiger partial charge in [-0.25, -0.2) is 21.6 Å². The number of piperidine rings is 1. The van der Waals surface area contributed by atoms with Gasteiger partial charge in [-0.05, 0) is 25.0 Å².